The van der Waals surface area contributed by atoms with Crippen LogP contribution in [0.4, 0.5) is 5.69 Å². The number of carbonyl (C=O) groups is 1. The summed E-state index contributed by atoms with van der Waals surface area (Å²) in [4.78, 5) is 14.9. The van der Waals surface area contributed by atoms with Crippen LogP contribution >= 0.6 is 0 Å². The van der Waals surface area contributed by atoms with Crippen LogP contribution in [0, 0.1) is 5.92 Å². The maximum Gasteiger partial charge on any atom is 0.258 e. The summed E-state index contributed by atoms with van der Waals surface area (Å²) < 4.78 is 0. The van der Waals surface area contributed by atoms with E-state index < -0.39 is 0 Å². The Hall–Kier alpha value is -2.35. The Morgan fingerprint density at radius 3 is 2.20 bits per heavy atom. The number of amides is 1. The number of hydrogen-bond donors (Lipinski definition) is 0. The molecular weight excluding hydrogens is 306 g/mol. The second kappa shape index (κ2) is 9.83. The Bertz CT molecular complexity index is 663. The van der Waals surface area contributed by atoms with Gasteiger partial charge in [-0.3, -0.25) is 4.79 Å². The molecule has 2 aromatic rings. The highest BCUT2D eigenvalue weighted by Crippen LogP contribution is 2.20. The third-order valence-electron chi connectivity index (χ3n) is 4.48. The molecule has 0 radical (unpaired) electrons. The molecule has 0 fully saturated rings. The third kappa shape index (κ3) is 6.22. The Balaban J connectivity index is 2.03. The summed E-state index contributed by atoms with van der Waals surface area (Å²) in [6.45, 7) is 9.07. The number of anilines is 1. The van der Waals surface area contributed by atoms with Crippen LogP contribution in [0.2, 0.25) is 0 Å². The summed E-state index contributed by atoms with van der Waals surface area (Å²) in [6.07, 6.45) is 4.45. The van der Waals surface area contributed by atoms with Crippen molar-refractivity contribution >= 4 is 11.6 Å². The average Bonchev–Trinajstić information content (AvgIpc) is 2.63. The molecule has 1 atom stereocenters. The first-order valence-electron chi connectivity index (χ1n) is 9.14. The number of para-hydroxylation sites is 1. The van der Waals surface area contributed by atoms with Crippen LogP contribution in [-0.4, -0.2) is 12.5 Å². The second-order valence-electron chi connectivity index (χ2n) is 6.90. The zero-order valence-corrected chi connectivity index (χ0v) is 15.4. The molecule has 0 spiro atoms. The lowest BCUT2D eigenvalue weighted by Gasteiger charge is -2.24. The summed E-state index contributed by atoms with van der Waals surface area (Å²) in [6, 6.07) is 19.5. The van der Waals surface area contributed by atoms with Crippen molar-refractivity contribution in [2.24, 2.45) is 5.92 Å². The van der Waals surface area contributed by atoms with E-state index in [4.69, 9.17) is 0 Å². The first kappa shape index (κ1) is 19.0. The van der Waals surface area contributed by atoms with Crippen LogP contribution < -0.4 is 4.90 Å². The first-order valence-corrected chi connectivity index (χ1v) is 9.14. The molecule has 2 heteroatoms. The smallest absolute Gasteiger partial charge is 0.258 e. The van der Waals surface area contributed by atoms with E-state index in [1.807, 2.05) is 65.6 Å². The van der Waals surface area contributed by atoms with E-state index in [9.17, 15) is 4.79 Å². The summed E-state index contributed by atoms with van der Waals surface area (Å²) >= 11 is 0. The highest BCUT2D eigenvalue weighted by Gasteiger charge is 2.18. The van der Waals surface area contributed by atoms with E-state index in [1.165, 1.54) is 18.4 Å². The van der Waals surface area contributed by atoms with Gasteiger partial charge < -0.3 is 4.90 Å². The number of allylic oxidation sites excluding steroid dienone is 1. The average molecular weight is 335 g/mol. The monoisotopic (exact) mass is 335 g/mol. The van der Waals surface area contributed by atoms with Crippen molar-refractivity contribution in [2.75, 3.05) is 11.4 Å². The molecule has 0 aliphatic heterocycles. The maximum absolute atomic E-state index is 13.0. The molecule has 2 nitrogen and oxygen atoms in total. The lowest BCUT2D eigenvalue weighted by molar-refractivity contribution is 0.0985. The minimum Gasteiger partial charge on any atom is -0.308 e. The van der Waals surface area contributed by atoms with Gasteiger partial charge in [-0.05, 0) is 56.4 Å². The van der Waals surface area contributed by atoms with Crippen molar-refractivity contribution in [3.8, 4) is 0 Å². The van der Waals surface area contributed by atoms with Crippen molar-refractivity contribution in [3.05, 3.63) is 78.4 Å². The Morgan fingerprint density at radius 2 is 1.60 bits per heavy atom. The predicted octanol–water partition coefficient (Wildman–Crippen LogP) is 6.11. The van der Waals surface area contributed by atoms with Gasteiger partial charge in [-0.2, -0.15) is 0 Å². The molecule has 0 aliphatic rings. The van der Waals surface area contributed by atoms with Gasteiger partial charge in [-0.25, -0.2) is 0 Å². The molecule has 0 bridgehead atoms. The molecule has 0 saturated carbocycles. The Labute approximate surface area is 152 Å². The highest BCUT2D eigenvalue weighted by atomic mass is 16.2. The van der Waals surface area contributed by atoms with Gasteiger partial charge in [0.05, 0.1) is 0 Å². The van der Waals surface area contributed by atoms with Gasteiger partial charge in [0.15, 0.2) is 0 Å². The summed E-state index contributed by atoms with van der Waals surface area (Å²) in [5, 5.41) is 0. The van der Waals surface area contributed by atoms with Crippen molar-refractivity contribution in [2.45, 2.75) is 39.5 Å². The van der Waals surface area contributed by atoms with E-state index >= 15 is 0 Å². The van der Waals surface area contributed by atoms with Gasteiger partial charge in [0.1, 0.15) is 0 Å². The van der Waals surface area contributed by atoms with Gasteiger partial charge in [-0.1, -0.05) is 55.3 Å². The fourth-order valence-electron chi connectivity index (χ4n) is 2.94. The number of benzene rings is 2. The van der Waals surface area contributed by atoms with E-state index in [2.05, 4.69) is 20.4 Å². The molecule has 2 rings (SSSR count). The second-order valence-corrected chi connectivity index (χ2v) is 6.90. The topological polar surface area (TPSA) is 20.3 Å². The fourth-order valence-corrected chi connectivity index (χ4v) is 2.94. The maximum atomic E-state index is 13.0. The van der Waals surface area contributed by atoms with Crippen molar-refractivity contribution < 1.29 is 4.79 Å². The third-order valence-corrected chi connectivity index (χ3v) is 4.48. The van der Waals surface area contributed by atoms with E-state index in [0.29, 0.717) is 5.92 Å². The van der Waals surface area contributed by atoms with Gasteiger partial charge in [0.25, 0.3) is 5.91 Å². The molecule has 0 unspecified atom stereocenters. The van der Waals surface area contributed by atoms with E-state index in [-0.39, 0.29) is 5.91 Å². The molecule has 0 N–H and O–H groups in total. The van der Waals surface area contributed by atoms with Crippen molar-refractivity contribution in [1.82, 2.24) is 0 Å². The van der Waals surface area contributed by atoms with E-state index in [0.717, 1.165) is 30.6 Å². The molecule has 0 aromatic heterocycles. The molecule has 0 saturated heterocycles. The molecular formula is C23H29NO. The van der Waals surface area contributed by atoms with Crippen LogP contribution in [0.3, 0.4) is 0 Å². The Kier molecular flexibility index (Phi) is 7.46. The quantitative estimate of drug-likeness (QED) is 0.507. The van der Waals surface area contributed by atoms with Gasteiger partial charge >= 0.3 is 0 Å². The summed E-state index contributed by atoms with van der Waals surface area (Å²) in [7, 11) is 0. The molecule has 132 valence electrons. The largest absolute Gasteiger partial charge is 0.308 e. The fraction of sp³-hybridized carbons (Fsp3) is 0.348. The zero-order chi connectivity index (χ0) is 18.1. The lowest BCUT2D eigenvalue weighted by atomic mass is 9.98. The standard InChI is InChI=1S/C23H29NO/c1-19(2)11-10-12-20(3)17-18-24(22-15-8-5-9-16-22)23(25)21-13-6-4-7-14-21/h4-9,13-16,20H,1,10-12,17-18H2,2-3H3/t20-/m1/s1. The van der Waals surface area contributed by atoms with Gasteiger partial charge in [0, 0.05) is 17.8 Å². The zero-order valence-electron chi connectivity index (χ0n) is 15.4. The normalized spacial score (nSPS) is 11.8. The minimum atomic E-state index is 0.0703. The van der Waals surface area contributed by atoms with Crippen LogP contribution in [0.15, 0.2) is 72.8 Å². The van der Waals surface area contributed by atoms with Crippen LogP contribution in [-0.2, 0) is 0 Å². The number of nitrogens with zero attached hydrogens (tertiary/aromatic N) is 1. The SMILES string of the molecule is C=C(C)CCC[C@@H](C)CCN(C(=O)c1ccccc1)c1ccccc1. The van der Waals surface area contributed by atoms with Crippen LogP contribution in [0.5, 0.6) is 0 Å². The number of rotatable bonds is 9. The molecule has 1 amide bonds. The highest BCUT2D eigenvalue weighted by molar-refractivity contribution is 6.06. The molecule has 0 aliphatic carbocycles. The minimum absolute atomic E-state index is 0.0703. The lowest BCUT2D eigenvalue weighted by Crippen LogP contribution is -2.32. The van der Waals surface area contributed by atoms with Crippen LogP contribution in [0.1, 0.15) is 49.9 Å². The van der Waals surface area contributed by atoms with Gasteiger partial charge in [0.2, 0.25) is 0 Å². The van der Waals surface area contributed by atoms with E-state index in [1.54, 1.807) is 0 Å². The van der Waals surface area contributed by atoms with Gasteiger partial charge in [-0.15, -0.1) is 6.58 Å². The predicted molar refractivity (Wildman–Crippen MR) is 107 cm³/mol. The Morgan fingerprint density at radius 1 is 1.00 bits per heavy atom. The van der Waals surface area contributed by atoms with Crippen LogP contribution in [0.25, 0.3) is 0 Å². The molecule has 25 heavy (non-hydrogen) atoms. The first-order chi connectivity index (χ1) is 12.1. The summed E-state index contributed by atoms with van der Waals surface area (Å²) in [5.74, 6) is 0.662. The number of carbonyl (C=O) groups excluding carboxylic acids is 1. The molecule has 0 heterocycles. The number of hydrogen-bond acceptors (Lipinski definition) is 1. The van der Waals surface area contributed by atoms with Crippen molar-refractivity contribution in [1.29, 1.82) is 0 Å². The molecule has 2 aromatic carbocycles. The summed E-state index contributed by atoms with van der Waals surface area (Å²) in [5.41, 5.74) is 2.95. The van der Waals surface area contributed by atoms with Crippen molar-refractivity contribution in [3.63, 3.8) is 0 Å².